The number of benzene rings is 2. The lowest BCUT2D eigenvalue weighted by molar-refractivity contribution is -0.117. The highest BCUT2D eigenvalue weighted by Crippen LogP contribution is 2.33. The summed E-state index contributed by atoms with van der Waals surface area (Å²) in [7, 11) is -3.66. The zero-order chi connectivity index (χ0) is 18.2. The molecule has 1 unspecified atom stereocenters. The molecule has 5 nitrogen and oxygen atoms in total. The number of nitrogens with zero attached hydrogens (tertiary/aromatic N) is 2. The van der Waals surface area contributed by atoms with E-state index in [2.05, 4.69) is 0 Å². The van der Waals surface area contributed by atoms with E-state index in [1.807, 2.05) is 31.2 Å². The minimum absolute atomic E-state index is 0.0162. The Hall–Kier alpha value is -2.05. The van der Waals surface area contributed by atoms with E-state index in [4.69, 9.17) is 11.6 Å². The van der Waals surface area contributed by atoms with E-state index in [0.29, 0.717) is 5.69 Å². The molecule has 0 aliphatic carbocycles. The first-order valence-electron chi connectivity index (χ1n) is 7.91. The van der Waals surface area contributed by atoms with Gasteiger partial charge in [0, 0.05) is 11.7 Å². The number of carbonyl (C=O) groups excluding carboxylic acids is 1. The van der Waals surface area contributed by atoms with Gasteiger partial charge < -0.3 is 4.90 Å². The molecule has 132 valence electrons. The molecule has 0 saturated heterocycles. The summed E-state index contributed by atoms with van der Waals surface area (Å²) in [5, 5.41) is 0.288. The molecule has 1 aliphatic heterocycles. The molecule has 0 N–H and O–H groups in total. The van der Waals surface area contributed by atoms with Gasteiger partial charge in [0.1, 0.15) is 6.54 Å². The predicted molar refractivity (Wildman–Crippen MR) is 101 cm³/mol. The second-order valence-electron chi connectivity index (χ2n) is 6.17. The van der Waals surface area contributed by atoms with Crippen LogP contribution in [0.1, 0.15) is 12.5 Å². The number of rotatable bonds is 4. The molecular weight excluding hydrogens is 360 g/mol. The SMILES string of the molecule is CC1Cc2ccccc2N1C(=O)CN(c1ccccc1Cl)S(C)(=O)=O. The smallest absolute Gasteiger partial charge is 0.248 e. The van der Waals surface area contributed by atoms with Gasteiger partial charge in [-0.15, -0.1) is 0 Å². The summed E-state index contributed by atoms with van der Waals surface area (Å²) in [5.74, 6) is -0.275. The van der Waals surface area contributed by atoms with Crippen molar-refractivity contribution in [2.24, 2.45) is 0 Å². The second-order valence-corrected chi connectivity index (χ2v) is 8.48. The van der Waals surface area contributed by atoms with E-state index in [9.17, 15) is 13.2 Å². The average molecular weight is 379 g/mol. The van der Waals surface area contributed by atoms with Crippen LogP contribution in [0.3, 0.4) is 0 Å². The Kier molecular flexibility index (Phi) is 4.75. The number of carbonyl (C=O) groups is 1. The molecule has 0 bridgehead atoms. The lowest BCUT2D eigenvalue weighted by Gasteiger charge is -2.28. The van der Waals surface area contributed by atoms with Crippen molar-refractivity contribution in [3.63, 3.8) is 0 Å². The average Bonchev–Trinajstić information content (AvgIpc) is 2.88. The Balaban J connectivity index is 1.94. The standard InChI is InChI=1S/C18H19ClN2O3S/c1-13-11-14-7-3-5-9-16(14)21(13)18(22)12-20(25(2,23)24)17-10-6-4-8-15(17)19/h3-10,13H,11-12H2,1-2H3. The van der Waals surface area contributed by atoms with Crippen molar-refractivity contribution in [2.45, 2.75) is 19.4 Å². The number of amides is 1. The second kappa shape index (κ2) is 6.69. The summed E-state index contributed by atoms with van der Waals surface area (Å²) in [6, 6.07) is 14.3. The molecule has 0 saturated carbocycles. The number of hydrogen-bond acceptors (Lipinski definition) is 3. The molecule has 1 atom stereocenters. The molecule has 1 aliphatic rings. The van der Waals surface area contributed by atoms with Gasteiger partial charge in [-0.3, -0.25) is 9.10 Å². The zero-order valence-corrected chi connectivity index (χ0v) is 15.6. The van der Waals surface area contributed by atoms with E-state index in [1.54, 1.807) is 29.2 Å². The number of hydrogen-bond donors (Lipinski definition) is 0. The van der Waals surface area contributed by atoms with E-state index < -0.39 is 10.0 Å². The van der Waals surface area contributed by atoms with Crippen molar-refractivity contribution in [2.75, 3.05) is 22.0 Å². The third-order valence-electron chi connectivity index (χ3n) is 4.28. The van der Waals surface area contributed by atoms with Crippen molar-refractivity contribution >= 4 is 38.9 Å². The highest BCUT2D eigenvalue weighted by Gasteiger charge is 2.33. The maximum atomic E-state index is 12.9. The fraction of sp³-hybridized carbons (Fsp3) is 0.278. The summed E-state index contributed by atoms with van der Waals surface area (Å²) in [6.07, 6.45) is 1.83. The first-order valence-corrected chi connectivity index (χ1v) is 10.1. The van der Waals surface area contributed by atoms with Crippen LogP contribution in [-0.4, -0.2) is 33.2 Å². The summed E-state index contributed by atoms with van der Waals surface area (Å²) < 4.78 is 25.6. The third-order valence-corrected chi connectivity index (χ3v) is 5.72. The topological polar surface area (TPSA) is 57.7 Å². The Morgan fingerprint density at radius 3 is 2.52 bits per heavy atom. The fourth-order valence-corrected chi connectivity index (χ4v) is 4.33. The highest BCUT2D eigenvalue weighted by molar-refractivity contribution is 7.92. The minimum Gasteiger partial charge on any atom is -0.307 e. The first kappa shape index (κ1) is 17.8. The number of fused-ring (bicyclic) bond motifs is 1. The Morgan fingerprint density at radius 2 is 1.84 bits per heavy atom. The Morgan fingerprint density at radius 1 is 1.20 bits per heavy atom. The lowest BCUT2D eigenvalue weighted by Crippen LogP contribution is -2.45. The lowest BCUT2D eigenvalue weighted by atomic mass is 10.1. The maximum Gasteiger partial charge on any atom is 0.248 e. The summed E-state index contributed by atoms with van der Waals surface area (Å²) in [6.45, 7) is 1.67. The van der Waals surface area contributed by atoms with Gasteiger partial charge in [0.25, 0.3) is 0 Å². The van der Waals surface area contributed by atoms with Crippen molar-refractivity contribution in [1.82, 2.24) is 0 Å². The molecule has 7 heteroatoms. The van der Waals surface area contributed by atoms with Crippen molar-refractivity contribution in [1.29, 1.82) is 0 Å². The summed E-state index contributed by atoms with van der Waals surface area (Å²) >= 11 is 6.15. The van der Waals surface area contributed by atoms with Gasteiger partial charge in [-0.05, 0) is 37.1 Å². The Bertz CT molecular complexity index is 914. The maximum absolute atomic E-state index is 12.9. The monoisotopic (exact) mass is 378 g/mol. The van der Waals surface area contributed by atoms with Gasteiger partial charge in [0.15, 0.2) is 0 Å². The van der Waals surface area contributed by atoms with Gasteiger partial charge >= 0.3 is 0 Å². The molecule has 2 aromatic rings. The van der Waals surface area contributed by atoms with Crippen molar-refractivity contribution < 1.29 is 13.2 Å². The quantitative estimate of drug-likeness (QED) is 0.821. The molecular formula is C18H19ClN2O3S. The van der Waals surface area contributed by atoms with Gasteiger partial charge in [-0.25, -0.2) is 8.42 Å². The largest absolute Gasteiger partial charge is 0.307 e. The molecule has 2 aromatic carbocycles. The molecule has 0 fully saturated rings. The van der Waals surface area contributed by atoms with Crippen molar-refractivity contribution in [3.05, 3.63) is 59.1 Å². The number of anilines is 2. The minimum atomic E-state index is -3.66. The van der Waals surface area contributed by atoms with Crippen LogP contribution in [0.25, 0.3) is 0 Å². The number of halogens is 1. The fourth-order valence-electron chi connectivity index (χ4n) is 3.18. The molecule has 25 heavy (non-hydrogen) atoms. The van der Waals surface area contributed by atoms with E-state index in [0.717, 1.165) is 28.2 Å². The molecule has 1 amide bonds. The highest BCUT2D eigenvalue weighted by atomic mass is 35.5. The molecule has 3 rings (SSSR count). The first-order chi connectivity index (χ1) is 11.8. The van der Waals surface area contributed by atoms with Crippen molar-refractivity contribution in [3.8, 4) is 0 Å². The van der Waals surface area contributed by atoms with Crippen LogP contribution in [-0.2, 0) is 21.2 Å². The third kappa shape index (κ3) is 3.50. The van der Waals surface area contributed by atoms with E-state index in [1.165, 1.54) is 0 Å². The molecule has 1 heterocycles. The summed E-state index contributed by atoms with van der Waals surface area (Å²) in [5.41, 5.74) is 2.24. The van der Waals surface area contributed by atoms with E-state index in [-0.39, 0.29) is 23.5 Å². The van der Waals surface area contributed by atoms with Crippen LogP contribution in [0.4, 0.5) is 11.4 Å². The van der Waals surface area contributed by atoms with Crippen LogP contribution < -0.4 is 9.21 Å². The van der Waals surface area contributed by atoms with E-state index >= 15 is 0 Å². The molecule has 0 aromatic heterocycles. The zero-order valence-electron chi connectivity index (χ0n) is 14.0. The van der Waals surface area contributed by atoms with Crippen LogP contribution in [0, 0.1) is 0 Å². The van der Waals surface area contributed by atoms with Gasteiger partial charge in [-0.1, -0.05) is 41.9 Å². The van der Waals surface area contributed by atoms with Crippen LogP contribution in [0.5, 0.6) is 0 Å². The number of sulfonamides is 1. The predicted octanol–water partition coefficient (Wildman–Crippen LogP) is 3.08. The number of para-hydroxylation sites is 2. The summed E-state index contributed by atoms with van der Waals surface area (Å²) in [4.78, 5) is 14.6. The Labute approximate surface area is 152 Å². The van der Waals surface area contributed by atoms with Gasteiger partial charge in [0.2, 0.25) is 15.9 Å². The van der Waals surface area contributed by atoms with Crippen LogP contribution >= 0.6 is 11.6 Å². The van der Waals surface area contributed by atoms with Crippen LogP contribution in [0.15, 0.2) is 48.5 Å². The molecule has 0 radical (unpaired) electrons. The normalized spacial score (nSPS) is 16.6. The molecule has 0 spiro atoms. The van der Waals surface area contributed by atoms with Gasteiger partial charge in [0.05, 0.1) is 17.0 Å². The van der Waals surface area contributed by atoms with Gasteiger partial charge in [-0.2, -0.15) is 0 Å². The van der Waals surface area contributed by atoms with Crippen LogP contribution in [0.2, 0.25) is 5.02 Å².